The van der Waals surface area contributed by atoms with Crippen LogP contribution in [0.3, 0.4) is 0 Å². The number of pyridine rings is 1. The summed E-state index contributed by atoms with van der Waals surface area (Å²) in [5, 5.41) is -0.694. The van der Waals surface area contributed by atoms with E-state index in [2.05, 4.69) is 20.9 Å². The van der Waals surface area contributed by atoms with Gasteiger partial charge < -0.3 is 5.73 Å². The number of nitrogens with two attached hydrogens (primary N) is 1. The number of hydrogen-bond acceptors (Lipinski definition) is 4. The predicted octanol–water partition coefficient (Wildman–Crippen LogP) is 2.29. The van der Waals surface area contributed by atoms with Gasteiger partial charge in [0.25, 0.3) is 15.5 Å². The third-order valence-corrected chi connectivity index (χ3v) is 3.49. The highest BCUT2D eigenvalue weighted by atomic mass is 79.9. The van der Waals surface area contributed by atoms with Gasteiger partial charge in [-0.25, -0.2) is 22.2 Å². The fourth-order valence-electron chi connectivity index (χ4n) is 0.814. The lowest BCUT2D eigenvalue weighted by Gasteiger charge is -2.06. The number of hydrogen-bond donors (Lipinski definition) is 1. The Morgan fingerprint density at radius 2 is 2.07 bits per heavy atom. The molecule has 15 heavy (non-hydrogen) atoms. The summed E-state index contributed by atoms with van der Waals surface area (Å²) in [6.07, 6.45) is -2.94. The van der Waals surface area contributed by atoms with E-state index in [1.54, 1.807) is 0 Å². The molecular weight excluding hydrogens is 317 g/mol. The highest BCUT2D eigenvalue weighted by molar-refractivity contribution is 9.10. The summed E-state index contributed by atoms with van der Waals surface area (Å²) in [5.41, 5.74) is 4.39. The van der Waals surface area contributed by atoms with Crippen LogP contribution in [0.4, 0.5) is 14.5 Å². The molecule has 1 aromatic rings. The molecule has 0 amide bonds. The maximum absolute atomic E-state index is 12.4. The van der Waals surface area contributed by atoms with Gasteiger partial charge in [-0.15, -0.1) is 0 Å². The second kappa shape index (κ2) is 4.18. The van der Waals surface area contributed by atoms with Crippen LogP contribution >= 0.6 is 26.6 Å². The molecule has 4 nitrogen and oxygen atoms in total. The van der Waals surface area contributed by atoms with E-state index in [0.29, 0.717) is 0 Å². The van der Waals surface area contributed by atoms with Gasteiger partial charge in [0.15, 0.2) is 5.03 Å². The van der Waals surface area contributed by atoms with Gasteiger partial charge in [-0.2, -0.15) is 0 Å². The maximum atomic E-state index is 12.4. The number of alkyl halides is 2. The standard InChI is InChI=1S/C6H4BrClF2N2O2S/c7-4-2(11)1-3(15(8,13)14)12-5(4)6(9)10/h1,6H,(H2,11,12). The predicted molar refractivity (Wildman–Crippen MR) is 54.3 cm³/mol. The molecule has 0 aliphatic rings. The van der Waals surface area contributed by atoms with E-state index >= 15 is 0 Å². The first kappa shape index (κ1) is 12.6. The van der Waals surface area contributed by atoms with Crippen molar-refractivity contribution >= 4 is 41.4 Å². The molecule has 0 aliphatic carbocycles. The van der Waals surface area contributed by atoms with Gasteiger partial charge in [-0.1, -0.05) is 0 Å². The summed E-state index contributed by atoms with van der Waals surface area (Å²) in [6.45, 7) is 0. The number of aromatic nitrogens is 1. The molecule has 0 atom stereocenters. The van der Waals surface area contributed by atoms with Crippen LogP contribution in [0.2, 0.25) is 0 Å². The lowest BCUT2D eigenvalue weighted by Crippen LogP contribution is -2.03. The average molecular weight is 322 g/mol. The van der Waals surface area contributed by atoms with Gasteiger partial charge >= 0.3 is 0 Å². The zero-order valence-corrected chi connectivity index (χ0v) is 10.1. The van der Waals surface area contributed by atoms with Crippen LogP contribution < -0.4 is 5.73 Å². The van der Waals surface area contributed by atoms with E-state index in [1.807, 2.05) is 0 Å². The molecule has 1 aromatic heterocycles. The van der Waals surface area contributed by atoms with Gasteiger partial charge in [0, 0.05) is 16.7 Å². The fourth-order valence-corrected chi connectivity index (χ4v) is 1.90. The van der Waals surface area contributed by atoms with Crippen LogP contribution in [-0.2, 0) is 9.05 Å². The summed E-state index contributed by atoms with van der Waals surface area (Å²) >= 11 is 2.78. The molecule has 0 spiro atoms. The molecule has 0 saturated heterocycles. The van der Waals surface area contributed by atoms with Gasteiger partial charge in [0.2, 0.25) is 0 Å². The molecule has 0 radical (unpaired) electrons. The average Bonchev–Trinajstić information content (AvgIpc) is 2.06. The van der Waals surface area contributed by atoms with Crippen LogP contribution in [0.5, 0.6) is 0 Å². The van der Waals surface area contributed by atoms with Crippen molar-refractivity contribution in [3.05, 3.63) is 16.2 Å². The Kier molecular flexibility index (Phi) is 3.51. The third kappa shape index (κ3) is 2.76. The Labute approximate surface area is 97.0 Å². The van der Waals surface area contributed by atoms with Crippen molar-refractivity contribution in [1.82, 2.24) is 4.98 Å². The molecule has 0 saturated carbocycles. The van der Waals surface area contributed by atoms with E-state index in [-0.39, 0.29) is 10.2 Å². The van der Waals surface area contributed by atoms with Crippen LogP contribution in [0, 0.1) is 0 Å². The quantitative estimate of drug-likeness (QED) is 0.848. The highest BCUT2D eigenvalue weighted by Gasteiger charge is 2.21. The van der Waals surface area contributed by atoms with Crippen molar-refractivity contribution in [2.75, 3.05) is 5.73 Å². The number of nitrogens with zero attached hydrogens (tertiary/aromatic N) is 1. The molecule has 2 N–H and O–H groups in total. The van der Waals surface area contributed by atoms with E-state index in [1.165, 1.54) is 0 Å². The van der Waals surface area contributed by atoms with Gasteiger partial charge in [-0.05, 0) is 15.9 Å². The highest BCUT2D eigenvalue weighted by Crippen LogP contribution is 2.32. The topological polar surface area (TPSA) is 73.1 Å². The minimum Gasteiger partial charge on any atom is -0.398 e. The number of anilines is 1. The van der Waals surface area contributed by atoms with Crippen LogP contribution in [0.1, 0.15) is 12.1 Å². The third-order valence-electron chi connectivity index (χ3n) is 1.44. The Hall–Kier alpha value is -0.470. The zero-order chi connectivity index (χ0) is 11.8. The molecule has 0 unspecified atom stereocenters. The van der Waals surface area contributed by atoms with E-state index in [4.69, 9.17) is 16.4 Å². The summed E-state index contributed by atoms with van der Waals surface area (Å²) < 4.78 is 46.4. The molecule has 0 fully saturated rings. The number of nitrogen functional groups attached to an aromatic ring is 1. The Balaban J connectivity index is 3.50. The van der Waals surface area contributed by atoms with Crippen molar-refractivity contribution in [2.24, 2.45) is 0 Å². The Morgan fingerprint density at radius 1 is 1.53 bits per heavy atom. The first-order valence-corrected chi connectivity index (χ1v) is 6.52. The molecule has 1 rings (SSSR count). The monoisotopic (exact) mass is 320 g/mol. The summed E-state index contributed by atoms with van der Waals surface area (Å²) in [6, 6.07) is 0.901. The molecule has 0 bridgehead atoms. The number of halogens is 4. The van der Waals surface area contributed by atoms with Crippen LogP contribution in [-0.4, -0.2) is 13.4 Å². The Morgan fingerprint density at radius 3 is 2.47 bits per heavy atom. The van der Waals surface area contributed by atoms with Crippen molar-refractivity contribution < 1.29 is 17.2 Å². The van der Waals surface area contributed by atoms with Crippen LogP contribution in [0.25, 0.3) is 0 Å². The first-order chi connectivity index (χ1) is 6.73. The molecule has 9 heteroatoms. The minimum atomic E-state index is -4.17. The van der Waals surface area contributed by atoms with E-state index in [0.717, 1.165) is 6.07 Å². The lowest BCUT2D eigenvalue weighted by atomic mass is 10.3. The smallest absolute Gasteiger partial charge is 0.281 e. The van der Waals surface area contributed by atoms with E-state index < -0.39 is 26.2 Å². The van der Waals surface area contributed by atoms with E-state index in [9.17, 15) is 17.2 Å². The minimum absolute atomic E-state index is 0.137. The number of rotatable bonds is 2. The summed E-state index contributed by atoms with van der Waals surface area (Å²) in [5.74, 6) is 0. The maximum Gasteiger partial charge on any atom is 0.281 e. The largest absolute Gasteiger partial charge is 0.398 e. The van der Waals surface area contributed by atoms with Crippen molar-refractivity contribution in [3.63, 3.8) is 0 Å². The second-order valence-corrected chi connectivity index (χ2v) is 5.79. The van der Waals surface area contributed by atoms with Crippen molar-refractivity contribution in [3.8, 4) is 0 Å². The molecular formula is C6H4BrClF2N2O2S. The SMILES string of the molecule is Nc1cc(S(=O)(=O)Cl)nc(C(F)F)c1Br. The van der Waals surface area contributed by atoms with Gasteiger partial charge in [0.1, 0.15) is 5.69 Å². The molecule has 84 valence electrons. The van der Waals surface area contributed by atoms with Gasteiger partial charge in [-0.3, -0.25) is 0 Å². The van der Waals surface area contributed by atoms with Crippen molar-refractivity contribution in [1.29, 1.82) is 0 Å². The zero-order valence-electron chi connectivity index (χ0n) is 6.92. The van der Waals surface area contributed by atoms with Crippen molar-refractivity contribution in [2.45, 2.75) is 11.5 Å². The molecule has 0 aromatic carbocycles. The second-order valence-electron chi connectivity index (χ2n) is 2.49. The lowest BCUT2D eigenvalue weighted by molar-refractivity contribution is 0.144. The Bertz CT molecular complexity index is 494. The summed E-state index contributed by atoms with van der Waals surface area (Å²) in [4.78, 5) is 3.21. The van der Waals surface area contributed by atoms with Crippen LogP contribution in [0.15, 0.2) is 15.6 Å². The first-order valence-electron chi connectivity index (χ1n) is 3.42. The summed E-state index contributed by atoms with van der Waals surface area (Å²) in [7, 11) is 0.782. The molecule has 0 aliphatic heterocycles. The normalized spacial score (nSPS) is 12.1. The molecule has 1 heterocycles. The van der Waals surface area contributed by atoms with Gasteiger partial charge in [0.05, 0.1) is 10.2 Å². The fraction of sp³-hybridized carbons (Fsp3) is 0.167.